The van der Waals surface area contributed by atoms with Crippen molar-refractivity contribution < 1.29 is 28.5 Å². The van der Waals surface area contributed by atoms with Gasteiger partial charge in [-0.05, 0) is 20.3 Å². The Morgan fingerprint density at radius 3 is 1.54 bits per heavy atom. The molecule has 0 heterocycles. The number of esters is 2. The molecule has 0 aliphatic heterocycles. The summed E-state index contributed by atoms with van der Waals surface area (Å²) in [6.45, 7) is 21.1. The molecule has 0 aromatic heterocycles. The first-order valence-corrected chi connectivity index (χ1v) is 9.39. The third kappa shape index (κ3) is 13.1. The SMILES string of the molecule is C=C(C)COCC(=C)C(=O)OC(CCCCC)OC(=O)C(=C)COCC(=C)C. The number of hydrogen-bond acceptors (Lipinski definition) is 6. The molecular formula is C22H34O6. The van der Waals surface area contributed by atoms with Crippen LogP contribution in [0.3, 0.4) is 0 Å². The summed E-state index contributed by atoms with van der Waals surface area (Å²) in [4.78, 5) is 24.4. The maximum absolute atomic E-state index is 12.2. The molecule has 0 N–H and O–H groups in total. The maximum atomic E-state index is 12.2. The van der Waals surface area contributed by atoms with Gasteiger partial charge in [0.1, 0.15) is 0 Å². The minimum absolute atomic E-state index is 0.0166. The zero-order valence-electron chi connectivity index (χ0n) is 17.5. The monoisotopic (exact) mass is 394 g/mol. The van der Waals surface area contributed by atoms with Crippen molar-refractivity contribution in [2.75, 3.05) is 26.4 Å². The molecule has 6 heteroatoms. The topological polar surface area (TPSA) is 71.1 Å². The van der Waals surface area contributed by atoms with Gasteiger partial charge in [0, 0.05) is 6.42 Å². The van der Waals surface area contributed by atoms with Crippen molar-refractivity contribution in [3.8, 4) is 0 Å². The lowest BCUT2D eigenvalue weighted by Crippen LogP contribution is -2.27. The highest BCUT2D eigenvalue weighted by Crippen LogP contribution is 2.13. The van der Waals surface area contributed by atoms with Crippen LogP contribution in [0, 0.1) is 0 Å². The highest BCUT2D eigenvalue weighted by atomic mass is 16.7. The van der Waals surface area contributed by atoms with Crippen LogP contribution in [0.5, 0.6) is 0 Å². The van der Waals surface area contributed by atoms with Crippen LogP contribution in [0.2, 0.25) is 0 Å². The first-order chi connectivity index (χ1) is 13.2. The van der Waals surface area contributed by atoms with E-state index in [1.165, 1.54) is 0 Å². The smallest absolute Gasteiger partial charge is 0.338 e. The Kier molecular flexibility index (Phi) is 13.7. The Bertz CT molecular complexity index is 530. The molecule has 0 bridgehead atoms. The highest BCUT2D eigenvalue weighted by Gasteiger charge is 2.22. The fourth-order valence-electron chi connectivity index (χ4n) is 1.92. The van der Waals surface area contributed by atoms with Gasteiger partial charge in [0.15, 0.2) is 0 Å². The van der Waals surface area contributed by atoms with E-state index in [0.29, 0.717) is 19.6 Å². The number of unbranched alkanes of at least 4 members (excludes halogenated alkanes) is 2. The van der Waals surface area contributed by atoms with E-state index in [0.717, 1.165) is 30.4 Å². The van der Waals surface area contributed by atoms with Gasteiger partial charge in [-0.1, -0.05) is 57.2 Å². The second kappa shape index (κ2) is 14.8. The van der Waals surface area contributed by atoms with Crippen LogP contribution < -0.4 is 0 Å². The van der Waals surface area contributed by atoms with Crippen LogP contribution in [0.25, 0.3) is 0 Å². The number of hydrogen-bond donors (Lipinski definition) is 0. The van der Waals surface area contributed by atoms with Gasteiger partial charge in [0.05, 0.1) is 37.6 Å². The molecule has 0 radical (unpaired) electrons. The highest BCUT2D eigenvalue weighted by molar-refractivity contribution is 5.89. The largest absolute Gasteiger partial charge is 0.422 e. The van der Waals surface area contributed by atoms with Crippen molar-refractivity contribution in [1.82, 2.24) is 0 Å². The van der Waals surface area contributed by atoms with E-state index in [1.54, 1.807) is 0 Å². The zero-order chi connectivity index (χ0) is 21.5. The Morgan fingerprint density at radius 1 is 0.750 bits per heavy atom. The molecular weight excluding hydrogens is 360 g/mol. The number of rotatable bonds is 16. The normalized spacial score (nSPS) is 10.4. The molecule has 0 aromatic carbocycles. The summed E-state index contributed by atoms with van der Waals surface area (Å²) < 4.78 is 21.2. The van der Waals surface area contributed by atoms with Gasteiger partial charge in [-0.2, -0.15) is 0 Å². The maximum Gasteiger partial charge on any atom is 0.338 e. The molecule has 0 fully saturated rings. The lowest BCUT2D eigenvalue weighted by molar-refractivity contribution is -0.184. The molecule has 0 amide bonds. The van der Waals surface area contributed by atoms with E-state index in [4.69, 9.17) is 18.9 Å². The predicted molar refractivity (Wildman–Crippen MR) is 110 cm³/mol. The van der Waals surface area contributed by atoms with Gasteiger partial charge >= 0.3 is 11.9 Å². The zero-order valence-corrected chi connectivity index (χ0v) is 17.5. The molecule has 0 saturated carbocycles. The average molecular weight is 395 g/mol. The third-order valence-corrected chi connectivity index (χ3v) is 3.35. The van der Waals surface area contributed by atoms with Crippen LogP contribution >= 0.6 is 0 Å². The molecule has 158 valence electrons. The van der Waals surface area contributed by atoms with Crippen molar-refractivity contribution in [2.24, 2.45) is 0 Å². The van der Waals surface area contributed by atoms with E-state index < -0.39 is 18.2 Å². The molecule has 0 aliphatic carbocycles. The van der Waals surface area contributed by atoms with Crippen LogP contribution in [0.15, 0.2) is 48.6 Å². The fourth-order valence-corrected chi connectivity index (χ4v) is 1.92. The molecule has 0 aromatic rings. The summed E-state index contributed by atoms with van der Waals surface area (Å²) in [6, 6.07) is 0. The molecule has 0 atom stereocenters. The van der Waals surface area contributed by atoms with Crippen molar-refractivity contribution >= 4 is 11.9 Å². The fraction of sp³-hybridized carbons (Fsp3) is 0.545. The van der Waals surface area contributed by atoms with Crippen LogP contribution in [-0.4, -0.2) is 44.7 Å². The van der Waals surface area contributed by atoms with Crippen molar-refractivity contribution in [2.45, 2.75) is 52.7 Å². The van der Waals surface area contributed by atoms with E-state index >= 15 is 0 Å². The van der Waals surface area contributed by atoms with Crippen LogP contribution in [0.1, 0.15) is 46.5 Å². The Balaban J connectivity index is 4.65. The molecule has 6 nitrogen and oxygen atoms in total. The summed E-state index contributed by atoms with van der Waals surface area (Å²) in [5, 5.41) is 0. The van der Waals surface area contributed by atoms with Crippen LogP contribution in [0.4, 0.5) is 0 Å². The molecule has 0 rings (SSSR count). The number of carbonyl (C=O) groups excluding carboxylic acids is 2. The first kappa shape index (κ1) is 25.8. The summed E-state index contributed by atoms with van der Waals surface area (Å²) in [7, 11) is 0. The minimum atomic E-state index is -1.01. The summed E-state index contributed by atoms with van der Waals surface area (Å²) in [5.41, 5.74) is 1.95. The summed E-state index contributed by atoms with van der Waals surface area (Å²) in [5.74, 6) is -1.33. The molecule has 0 saturated heterocycles. The minimum Gasteiger partial charge on any atom is -0.422 e. The van der Waals surface area contributed by atoms with Gasteiger partial charge in [0.2, 0.25) is 6.29 Å². The Hall–Kier alpha value is -2.18. The number of carbonyl (C=O) groups is 2. The predicted octanol–water partition coefficient (Wildman–Crippen LogP) is 4.28. The van der Waals surface area contributed by atoms with Gasteiger partial charge < -0.3 is 18.9 Å². The molecule has 0 aliphatic rings. The standard InChI is InChI=1S/C22H34O6/c1-8-9-10-11-20(27-21(23)18(6)14-25-12-16(2)3)28-22(24)19(7)15-26-13-17(4)5/h20H,2,4,6-15H2,1,3,5H3. The Labute approximate surface area is 168 Å². The summed E-state index contributed by atoms with van der Waals surface area (Å²) in [6.07, 6.45) is 2.04. The van der Waals surface area contributed by atoms with Crippen molar-refractivity contribution in [3.05, 3.63) is 48.6 Å². The molecule has 0 spiro atoms. The van der Waals surface area contributed by atoms with Gasteiger partial charge in [-0.25, -0.2) is 9.59 Å². The van der Waals surface area contributed by atoms with E-state index in [9.17, 15) is 9.59 Å². The molecule has 0 unspecified atom stereocenters. The quantitative estimate of drug-likeness (QED) is 0.128. The average Bonchev–Trinajstić information content (AvgIpc) is 2.60. The van der Waals surface area contributed by atoms with Crippen molar-refractivity contribution in [1.29, 1.82) is 0 Å². The van der Waals surface area contributed by atoms with Gasteiger partial charge in [0.25, 0.3) is 0 Å². The third-order valence-electron chi connectivity index (χ3n) is 3.35. The Morgan fingerprint density at radius 2 is 1.18 bits per heavy atom. The van der Waals surface area contributed by atoms with Gasteiger partial charge in [-0.15, -0.1) is 0 Å². The second-order valence-corrected chi connectivity index (χ2v) is 6.84. The number of ether oxygens (including phenoxy) is 4. The van der Waals surface area contributed by atoms with E-state index in [2.05, 4.69) is 33.2 Å². The second-order valence-electron chi connectivity index (χ2n) is 6.84. The lowest BCUT2D eigenvalue weighted by atomic mass is 10.2. The lowest BCUT2D eigenvalue weighted by Gasteiger charge is -2.19. The van der Waals surface area contributed by atoms with Gasteiger partial charge in [-0.3, -0.25) is 0 Å². The van der Waals surface area contributed by atoms with E-state index in [-0.39, 0.29) is 24.4 Å². The van der Waals surface area contributed by atoms with Crippen molar-refractivity contribution in [3.63, 3.8) is 0 Å². The van der Waals surface area contributed by atoms with E-state index in [1.807, 2.05) is 13.8 Å². The summed E-state index contributed by atoms with van der Waals surface area (Å²) >= 11 is 0. The molecule has 28 heavy (non-hydrogen) atoms. The van der Waals surface area contributed by atoms with Crippen LogP contribution in [-0.2, 0) is 28.5 Å². The first-order valence-electron chi connectivity index (χ1n) is 9.39.